The topological polar surface area (TPSA) is 67.6 Å². The molecule has 0 aliphatic heterocycles. The highest BCUT2D eigenvalue weighted by atomic mass is 16.5. The number of carbonyl (C=O) groups excluding carboxylic acids is 1. The van der Waals surface area contributed by atoms with Crippen molar-refractivity contribution in [3.63, 3.8) is 0 Å². The second-order valence-electron chi connectivity index (χ2n) is 6.11. The van der Waals surface area contributed by atoms with Gasteiger partial charge in [0.15, 0.2) is 0 Å². The highest BCUT2D eigenvalue weighted by Crippen LogP contribution is 2.23. The number of carbonyl (C=O) groups is 1. The van der Waals surface area contributed by atoms with Crippen molar-refractivity contribution in [2.24, 2.45) is 0 Å². The summed E-state index contributed by atoms with van der Waals surface area (Å²) >= 11 is 0. The number of nitrogens with one attached hydrogen (secondary N) is 1. The van der Waals surface area contributed by atoms with Gasteiger partial charge in [-0.15, -0.1) is 0 Å². The fraction of sp³-hybridized carbons (Fsp3) is 0.533. The molecule has 0 spiro atoms. The highest BCUT2D eigenvalue weighted by molar-refractivity contribution is 5.95. The predicted molar refractivity (Wildman–Crippen MR) is 82.1 cm³/mol. The molecule has 5 nitrogen and oxygen atoms in total. The Morgan fingerprint density at radius 2 is 2.00 bits per heavy atom. The smallest absolute Gasteiger partial charge is 0.251 e. The van der Waals surface area contributed by atoms with Crippen molar-refractivity contribution < 1.29 is 9.53 Å². The summed E-state index contributed by atoms with van der Waals surface area (Å²) in [6.07, 6.45) is 0. The van der Waals surface area contributed by atoms with E-state index < -0.39 is 0 Å². The minimum atomic E-state index is -0.273. The van der Waals surface area contributed by atoms with Crippen molar-refractivity contribution in [3.05, 3.63) is 23.8 Å². The van der Waals surface area contributed by atoms with Gasteiger partial charge in [-0.1, -0.05) is 0 Å². The third-order valence-electron chi connectivity index (χ3n) is 2.56. The first kappa shape index (κ1) is 16.3. The Morgan fingerprint density at radius 3 is 2.55 bits per heavy atom. The van der Waals surface area contributed by atoms with Crippen LogP contribution in [-0.4, -0.2) is 43.6 Å². The summed E-state index contributed by atoms with van der Waals surface area (Å²) < 4.78 is 5.62. The number of hydrogen-bond donors (Lipinski definition) is 2. The molecule has 112 valence electrons. The number of benzene rings is 1. The molecule has 0 aromatic heterocycles. The maximum atomic E-state index is 12.1. The third-order valence-corrected chi connectivity index (χ3v) is 2.56. The van der Waals surface area contributed by atoms with E-state index in [-0.39, 0.29) is 11.4 Å². The Bertz CT molecular complexity index is 465. The Kier molecular flexibility index (Phi) is 5.39. The molecule has 0 radical (unpaired) electrons. The second-order valence-corrected chi connectivity index (χ2v) is 6.11. The molecular weight excluding hydrogens is 254 g/mol. The van der Waals surface area contributed by atoms with E-state index in [2.05, 4.69) is 5.32 Å². The van der Waals surface area contributed by atoms with Crippen LogP contribution in [0.3, 0.4) is 0 Å². The number of ether oxygens (including phenoxy) is 1. The molecule has 0 fully saturated rings. The lowest BCUT2D eigenvalue weighted by Crippen LogP contribution is -2.40. The Hall–Kier alpha value is -1.75. The van der Waals surface area contributed by atoms with Gasteiger partial charge in [-0.25, -0.2) is 0 Å². The zero-order valence-electron chi connectivity index (χ0n) is 13.0. The highest BCUT2D eigenvalue weighted by Gasteiger charge is 2.16. The van der Waals surface area contributed by atoms with E-state index >= 15 is 0 Å². The quantitative estimate of drug-likeness (QED) is 0.806. The third kappa shape index (κ3) is 5.48. The van der Waals surface area contributed by atoms with E-state index in [1.54, 1.807) is 18.2 Å². The first-order valence-electron chi connectivity index (χ1n) is 6.68. The normalized spacial score (nSPS) is 11.5. The number of nitrogen functional groups attached to an aromatic ring is 1. The average Bonchev–Trinajstić information content (AvgIpc) is 2.28. The number of anilines is 1. The molecule has 3 N–H and O–H groups in total. The van der Waals surface area contributed by atoms with Crippen LogP contribution in [0.15, 0.2) is 18.2 Å². The number of likely N-dealkylation sites (N-methyl/N-ethyl adjacent to an activating group) is 1. The van der Waals surface area contributed by atoms with Crippen molar-refractivity contribution >= 4 is 11.6 Å². The molecule has 0 atom stereocenters. The molecule has 1 amide bonds. The van der Waals surface area contributed by atoms with Crippen LogP contribution in [-0.2, 0) is 0 Å². The molecular formula is C15H25N3O2. The number of nitrogens with zero attached hydrogens (tertiary/aromatic N) is 1. The van der Waals surface area contributed by atoms with Gasteiger partial charge in [-0.2, -0.15) is 0 Å². The summed E-state index contributed by atoms with van der Waals surface area (Å²) in [5.41, 5.74) is 6.68. The van der Waals surface area contributed by atoms with E-state index in [9.17, 15) is 4.79 Å². The van der Waals surface area contributed by atoms with Crippen LogP contribution in [0.25, 0.3) is 0 Å². The molecule has 0 aliphatic rings. The van der Waals surface area contributed by atoms with Crippen LogP contribution in [0.1, 0.15) is 31.1 Å². The van der Waals surface area contributed by atoms with Gasteiger partial charge in [0.25, 0.3) is 5.91 Å². The van der Waals surface area contributed by atoms with Gasteiger partial charge >= 0.3 is 0 Å². The van der Waals surface area contributed by atoms with E-state index in [4.69, 9.17) is 10.5 Å². The number of hydrogen-bond acceptors (Lipinski definition) is 4. The maximum Gasteiger partial charge on any atom is 0.251 e. The Morgan fingerprint density at radius 1 is 1.35 bits per heavy atom. The summed E-state index contributed by atoms with van der Waals surface area (Å²) in [6.45, 7) is 7.14. The lowest BCUT2D eigenvalue weighted by molar-refractivity contribution is 0.0919. The summed E-state index contributed by atoms with van der Waals surface area (Å²) in [6, 6.07) is 5.09. The number of rotatable bonds is 5. The molecule has 1 aromatic rings. The van der Waals surface area contributed by atoms with Crippen LogP contribution in [0.2, 0.25) is 0 Å². The zero-order valence-corrected chi connectivity index (χ0v) is 13.0. The molecule has 1 aromatic carbocycles. The van der Waals surface area contributed by atoms with Crippen molar-refractivity contribution in [2.75, 3.05) is 33.0 Å². The lowest BCUT2D eigenvalue weighted by atomic mass is 10.1. The Labute approximate surface area is 121 Å². The predicted octanol–water partition coefficient (Wildman–Crippen LogP) is 1.74. The standard InChI is InChI=1S/C15H25N3O2/c1-15(2,3)17-14(19)11-6-7-12(16)13(10-11)20-9-8-18(4)5/h6-7,10H,8-9,16H2,1-5H3,(H,17,19). The first-order chi connectivity index (χ1) is 9.19. The molecule has 0 saturated carbocycles. The monoisotopic (exact) mass is 279 g/mol. The fourth-order valence-electron chi connectivity index (χ4n) is 1.55. The number of amides is 1. The van der Waals surface area contributed by atoms with Crippen LogP contribution in [0, 0.1) is 0 Å². The van der Waals surface area contributed by atoms with E-state index in [1.165, 1.54) is 0 Å². The summed E-state index contributed by atoms with van der Waals surface area (Å²) in [5, 5.41) is 2.91. The summed E-state index contributed by atoms with van der Waals surface area (Å²) in [7, 11) is 3.94. The van der Waals surface area contributed by atoms with E-state index in [1.807, 2.05) is 39.8 Å². The molecule has 0 bridgehead atoms. The van der Waals surface area contributed by atoms with E-state index in [0.29, 0.717) is 23.6 Å². The SMILES string of the molecule is CN(C)CCOc1cc(C(=O)NC(C)(C)C)ccc1N. The zero-order chi connectivity index (χ0) is 15.3. The van der Waals surface area contributed by atoms with Gasteiger partial charge in [-0.05, 0) is 53.1 Å². The molecule has 0 unspecified atom stereocenters. The first-order valence-corrected chi connectivity index (χ1v) is 6.68. The second kappa shape index (κ2) is 6.61. The van der Waals surface area contributed by atoms with Crippen LogP contribution in [0.4, 0.5) is 5.69 Å². The minimum Gasteiger partial charge on any atom is -0.490 e. The van der Waals surface area contributed by atoms with E-state index in [0.717, 1.165) is 6.54 Å². The van der Waals surface area contributed by atoms with Gasteiger partial charge in [0, 0.05) is 17.6 Å². The summed E-state index contributed by atoms with van der Waals surface area (Å²) in [5.74, 6) is 0.420. The van der Waals surface area contributed by atoms with Gasteiger partial charge in [0.1, 0.15) is 12.4 Å². The van der Waals surface area contributed by atoms with Crippen molar-refractivity contribution in [1.82, 2.24) is 10.2 Å². The number of nitrogens with two attached hydrogens (primary N) is 1. The maximum absolute atomic E-state index is 12.1. The Balaban J connectivity index is 2.77. The molecule has 1 rings (SSSR count). The van der Waals surface area contributed by atoms with Gasteiger partial charge in [0.05, 0.1) is 5.69 Å². The van der Waals surface area contributed by atoms with Crippen LogP contribution in [0.5, 0.6) is 5.75 Å². The average molecular weight is 279 g/mol. The molecule has 0 heterocycles. The fourth-order valence-corrected chi connectivity index (χ4v) is 1.55. The van der Waals surface area contributed by atoms with Gasteiger partial charge in [0.2, 0.25) is 0 Å². The van der Waals surface area contributed by atoms with Gasteiger partial charge in [-0.3, -0.25) is 4.79 Å². The molecule has 5 heteroatoms. The molecule has 0 aliphatic carbocycles. The lowest BCUT2D eigenvalue weighted by Gasteiger charge is -2.21. The largest absolute Gasteiger partial charge is 0.490 e. The minimum absolute atomic E-state index is 0.130. The van der Waals surface area contributed by atoms with Crippen molar-refractivity contribution in [2.45, 2.75) is 26.3 Å². The van der Waals surface area contributed by atoms with Crippen molar-refractivity contribution in [3.8, 4) is 5.75 Å². The van der Waals surface area contributed by atoms with Crippen LogP contribution >= 0.6 is 0 Å². The van der Waals surface area contributed by atoms with Crippen LogP contribution < -0.4 is 15.8 Å². The summed E-state index contributed by atoms with van der Waals surface area (Å²) in [4.78, 5) is 14.1. The van der Waals surface area contributed by atoms with Gasteiger partial charge < -0.3 is 20.7 Å². The molecule has 0 saturated heterocycles. The molecule has 20 heavy (non-hydrogen) atoms. The van der Waals surface area contributed by atoms with Crippen molar-refractivity contribution in [1.29, 1.82) is 0 Å².